The first-order chi connectivity index (χ1) is 9.76. The van der Waals surface area contributed by atoms with Crippen molar-refractivity contribution < 1.29 is 10.1 Å². The number of nitrogens with one attached hydrogen (secondary N) is 1. The van der Waals surface area contributed by atoms with Crippen LogP contribution in [0.25, 0.3) is 0 Å². The molecule has 3 nitrogen and oxygen atoms in total. The van der Waals surface area contributed by atoms with Crippen molar-refractivity contribution in [3.63, 3.8) is 0 Å². The van der Waals surface area contributed by atoms with Gasteiger partial charge in [0.1, 0.15) is 0 Å². The lowest BCUT2D eigenvalue weighted by molar-refractivity contribution is -0.787. The molecule has 4 heteroatoms. The van der Waals surface area contributed by atoms with Crippen LogP contribution in [0, 0.1) is 0 Å². The monoisotopic (exact) mass is 307 g/mol. The molecule has 0 unspecified atom stereocenters. The second-order valence-electron chi connectivity index (χ2n) is 7.40. The number of thioether (sulfide) groups is 1. The van der Waals surface area contributed by atoms with Gasteiger partial charge in [0, 0.05) is 23.8 Å². The molecule has 0 aliphatic carbocycles. The molecule has 0 bridgehead atoms. The third-order valence-electron chi connectivity index (χ3n) is 3.80. The Hall–Kier alpha value is -1.00. The third kappa shape index (κ3) is 5.36. The number of rotatable bonds is 4. The fourth-order valence-corrected chi connectivity index (χ4v) is 4.29. The van der Waals surface area contributed by atoms with E-state index in [0.717, 1.165) is 17.7 Å². The SMILES string of the molecule is CC1(C)CC(NC(=O)CSc2ccccc2)CC(C)(C)[NH2+]1. The largest absolute Gasteiger partial charge is 0.352 e. The number of amides is 1. The minimum atomic E-state index is 0.141. The number of piperidine rings is 1. The smallest absolute Gasteiger partial charge is 0.230 e. The molecule has 0 saturated carbocycles. The summed E-state index contributed by atoms with van der Waals surface area (Å²) in [4.78, 5) is 13.3. The summed E-state index contributed by atoms with van der Waals surface area (Å²) in [5.74, 6) is 0.632. The summed E-state index contributed by atoms with van der Waals surface area (Å²) in [6.07, 6.45) is 2.05. The summed E-state index contributed by atoms with van der Waals surface area (Å²) < 4.78 is 0. The summed E-state index contributed by atoms with van der Waals surface area (Å²) >= 11 is 1.60. The van der Waals surface area contributed by atoms with Crippen LogP contribution >= 0.6 is 11.8 Å². The van der Waals surface area contributed by atoms with Gasteiger partial charge in [-0.3, -0.25) is 4.79 Å². The highest BCUT2D eigenvalue weighted by molar-refractivity contribution is 8.00. The van der Waals surface area contributed by atoms with Crippen LogP contribution in [0.4, 0.5) is 0 Å². The van der Waals surface area contributed by atoms with Crippen molar-refractivity contribution in [2.75, 3.05) is 5.75 Å². The molecular weight excluding hydrogens is 280 g/mol. The van der Waals surface area contributed by atoms with Gasteiger partial charge in [0.2, 0.25) is 5.91 Å². The fraction of sp³-hybridized carbons (Fsp3) is 0.588. The minimum Gasteiger partial charge on any atom is -0.352 e. The zero-order valence-corrected chi connectivity index (χ0v) is 14.3. The van der Waals surface area contributed by atoms with Gasteiger partial charge in [-0.05, 0) is 39.8 Å². The first-order valence-electron chi connectivity index (χ1n) is 7.60. The van der Waals surface area contributed by atoms with Gasteiger partial charge in [-0.25, -0.2) is 0 Å². The molecule has 0 spiro atoms. The number of benzene rings is 1. The van der Waals surface area contributed by atoms with Crippen molar-refractivity contribution in [3.05, 3.63) is 30.3 Å². The molecule has 116 valence electrons. The Morgan fingerprint density at radius 3 is 2.33 bits per heavy atom. The van der Waals surface area contributed by atoms with Crippen molar-refractivity contribution in [1.82, 2.24) is 5.32 Å². The van der Waals surface area contributed by atoms with Crippen LogP contribution in [0.3, 0.4) is 0 Å². The van der Waals surface area contributed by atoms with Crippen LogP contribution in [0.1, 0.15) is 40.5 Å². The maximum absolute atomic E-state index is 12.2. The van der Waals surface area contributed by atoms with Crippen LogP contribution < -0.4 is 10.6 Å². The molecule has 1 fully saturated rings. The highest BCUT2D eigenvalue weighted by Gasteiger charge is 2.41. The van der Waals surface area contributed by atoms with E-state index in [9.17, 15) is 4.79 Å². The molecule has 1 heterocycles. The number of carbonyl (C=O) groups is 1. The molecule has 1 saturated heterocycles. The Morgan fingerprint density at radius 1 is 1.19 bits per heavy atom. The average Bonchev–Trinajstić information content (AvgIpc) is 2.33. The van der Waals surface area contributed by atoms with Gasteiger partial charge >= 0.3 is 0 Å². The van der Waals surface area contributed by atoms with E-state index in [4.69, 9.17) is 0 Å². The van der Waals surface area contributed by atoms with Crippen molar-refractivity contribution in [3.8, 4) is 0 Å². The van der Waals surface area contributed by atoms with Crippen molar-refractivity contribution in [1.29, 1.82) is 0 Å². The van der Waals surface area contributed by atoms with Gasteiger partial charge in [-0.2, -0.15) is 0 Å². The predicted octanol–water partition coefficient (Wildman–Crippen LogP) is 2.18. The van der Waals surface area contributed by atoms with E-state index in [1.54, 1.807) is 11.8 Å². The molecular formula is C17H27N2OS+. The van der Waals surface area contributed by atoms with Gasteiger partial charge in [0.05, 0.1) is 16.8 Å². The van der Waals surface area contributed by atoms with Crippen molar-refractivity contribution >= 4 is 17.7 Å². The molecule has 1 amide bonds. The molecule has 0 atom stereocenters. The standard InChI is InChI=1S/C17H26N2OS/c1-16(2)10-13(11-17(3,4)19-16)18-15(20)12-21-14-8-6-5-7-9-14/h5-9,13,19H,10-12H2,1-4H3,(H,18,20)/p+1. The second-order valence-corrected chi connectivity index (χ2v) is 8.44. The first-order valence-corrected chi connectivity index (χ1v) is 8.59. The van der Waals surface area contributed by atoms with E-state index in [-0.39, 0.29) is 23.0 Å². The van der Waals surface area contributed by atoms with Crippen LogP contribution in [0.5, 0.6) is 0 Å². The predicted molar refractivity (Wildman–Crippen MR) is 88.4 cm³/mol. The Balaban J connectivity index is 1.85. The third-order valence-corrected chi connectivity index (χ3v) is 4.82. The Labute approximate surface area is 132 Å². The molecule has 0 radical (unpaired) electrons. The zero-order chi connectivity index (χ0) is 15.5. The molecule has 21 heavy (non-hydrogen) atoms. The zero-order valence-electron chi connectivity index (χ0n) is 13.5. The highest BCUT2D eigenvalue weighted by atomic mass is 32.2. The lowest BCUT2D eigenvalue weighted by Gasteiger charge is -2.43. The molecule has 1 aliphatic heterocycles. The second kappa shape index (κ2) is 6.41. The van der Waals surface area contributed by atoms with E-state index in [1.807, 2.05) is 30.3 Å². The summed E-state index contributed by atoms with van der Waals surface area (Å²) in [6, 6.07) is 10.4. The van der Waals surface area contributed by atoms with Crippen LogP contribution in [-0.2, 0) is 4.79 Å². The Morgan fingerprint density at radius 2 is 1.76 bits per heavy atom. The number of carbonyl (C=O) groups excluding carboxylic acids is 1. The van der Waals surface area contributed by atoms with E-state index in [0.29, 0.717) is 5.75 Å². The molecule has 1 aromatic rings. The highest BCUT2D eigenvalue weighted by Crippen LogP contribution is 2.22. The van der Waals surface area contributed by atoms with E-state index >= 15 is 0 Å². The number of hydrogen-bond donors (Lipinski definition) is 2. The lowest BCUT2D eigenvalue weighted by atomic mass is 9.79. The molecule has 0 aromatic heterocycles. The van der Waals surface area contributed by atoms with E-state index in [1.165, 1.54) is 0 Å². The van der Waals surface area contributed by atoms with E-state index in [2.05, 4.69) is 38.3 Å². The topological polar surface area (TPSA) is 45.7 Å². The summed E-state index contributed by atoms with van der Waals surface area (Å²) in [5.41, 5.74) is 0.374. The summed E-state index contributed by atoms with van der Waals surface area (Å²) in [6.45, 7) is 9.02. The van der Waals surface area contributed by atoms with E-state index < -0.39 is 0 Å². The quantitative estimate of drug-likeness (QED) is 0.838. The van der Waals surface area contributed by atoms with Crippen molar-refractivity contribution in [2.24, 2.45) is 0 Å². The Bertz CT molecular complexity index is 469. The normalized spacial score (nSPS) is 21.0. The van der Waals surface area contributed by atoms with Gasteiger partial charge < -0.3 is 10.6 Å². The van der Waals surface area contributed by atoms with Gasteiger partial charge in [0.15, 0.2) is 0 Å². The van der Waals surface area contributed by atoms with Crippen LogP contribution in [0.15, 0.2) is 35.2 Å². The van der Waals surface area contributed by atoms with Crippen LogP contribution in [-0.4, -0.2) is 28.8 Å². The molecule has 1 aromatic carbocycles. The Kier molecular flexibility index (Phi) is 4.99. The van der Waals surface area contributed by atoms with Gasteiger partial charge in [-0.1, -0.05) is 18.2 Å². The minimum absolute atomic E-state index is 0.141. The number of hydrogen-bond acceptors (Lipinski definition) is 2. The van der Waals surface area contributed by atoms with Crippen molar-refractivity contribution in [2.45, 2.75) is 62.6 Å². The van der Waals surface area contributed by atoms with Crippen LogP contribution in [0.2, 0.25) is 0 Å². The maximum Gasteiger partial charge on any atom is 0.230 e. The maximum atomic E-state index is 12.2. The number of quaternary nitrogens is 1. The fourth-order valence-electron chi connectivity index (χ4n) is 3.55. The molecule has 3 N–H and O–H groups in total. The number of nitrogens with two attached hydrogens (primary N) is 1. The first kappa shape index (κ1) is 16.4. The summed E-state index contributed by atoms with van der Waals surface area (Å²) in [7, 11) is 0. The summed E-state index contributed by atoms with van der Waals surface area (Å²) in [5, 5.41) is 5.65. The lowest BCUT2D eigenvalue weighted by Crippen LogP contribution is -3.06. The van der Waals surface area contributed by atoms with Gasteiger partial charge in [0.25, 0.3) is 0 Å². The molecule has 1 aliphatic rings. The van der Waals surface area contributed by atoms with Gasteiger partial charge in [-0.15, -0.1) is 11.8 Å². The molecule has 2 rings (SSSR count). The average molecular weight is 307 g/mol.